The van der Waals surface area contributed by atoms with Gasteiger partial charge in [0.25, 0.3) is 0 Å². The van der Waals surface area contributed by atoms with E-state index in [-0.39, 0.29) is 59.1 Å². The molecular formula is C21H18Na2. The Bertz CT molecular complexity index is 841. The zero-order valence-electron chi connectivity index (χ0n) is 11.8. The number of hydrogen-bond donors (Lipinski definition) is 0. The molecule has 0 bridgehead atoms. The first-order chi connectivity index (χ1) is 10.4. The van der Waals surface area contributed by atoms with Crippen molar-refractivity contribution in [3.8, 4) is 0 Å². The van der Waals surface area contributed by atoms with Gasteiger partial charge in [0.05, 0.1) is 0 Å². The van der Waals surface area contributed by atoms with Crippen LogP contribution in [0.4, 0.5) is 0 Å². The van der Waals surface area contributed by atoms with Crippen molar-refractivity contribution >= 4 is 80.7 Å². The number of benzene rings is 4. The van der Waals surface area contributed by atoms with E-state index in [4.69, 9.17) is 0 Å². The average Bonchev–Trinajstić information content (AvgIpc) is 2.56. The summed E-state index contributed by atoms with van der Waals surface area (Å²) in [5.74, 6) is 0. The Kier molecular flexibility index (Phi) is 6.91. The molecule has 0 aromatic heterocycles. The molecule has 0 radical (unpaired) electrons. The summed E-state index contributed by atoms with van der Waals surface area (Å²) in [5, 5.41) is 5.34. The van der Waals surface area contributed by atoms with E-state index in [2.05, 4.69) is 84.9 Å². The van der Waals surface area contributed by atoms with Crippen molar-refractivity contribution in [3.05, 3.63) is 96.1 Å². The zero-order valence-corrected chi connectivity index (χ0v) is 11.8. The van der Waals surface area contributed by atoms with Crippen LogP contribution in [-0.4, -0.2) is 59.1 Å². The molecule has 0 aliphatic heterocycles. The fourth-order valence-electron chi connectivity index (χ4n) is 3.10. The van der Waals surface area contributed by atoms with E-state index in [1.807, 2.05) is 0 Å². The van der Waals surface area contributed by atoms with Crippen LogP contribution >= 0.6 is 0 Å². The Morgan fingerprint density at radius 3 is 1.30 bits per heavy atom. The first-order valence-corrected chi connectivity index (χ1v) is 7.35. The summed E-state index contributed by atoms with van der Waals surface area (Å²) in [7, 11) is 0. The van der Waals surface area contributed by atoms with Crippen LogP contribution < -0.4 is 0 Å². The molecule has 0 saturated heterocycles. The predicted octanol–water partition coefficient (Wildman–Crippen LogP) is 4.29. The van der Waals surface area contributed by atoms with Gasteiger partial charge in [0.15, 0.2) is 0 Å². The van der Waals surface area contributed by atoms with Crippen LogP contribution in [0.2, 0.25) is 0 Å². The van der Waals surface area contributed by atoms with Gasteiger partial charge in [-0.3, -0.25) is 0 Å². The SMILES string of the molecule is [NaH].[NaH].c1ccc2c(Cc3cccc4ccccc34)cccc2c1. The number of hydrogen-bond acceptors (Lipinski definition) is 0. The van der Waals surface area contributed by atoms with E-state index >= 15 is 0 Å². The maximum atomic E-state index is 2.24. The molecule has 0 spiro atoms. The Balaban J connectivity index is 0.000000960. The zero-order chi connectivity index (χ0) is 14.1. The van der Waals surface area contributed by atoms with Gasteiger partial charge in [-0.2, -0.15) is 0 Å². The van der Waals surface area contributed by atoms with Crippen LogP contribution in [0.5, 0.6) is 0 Å². The molecule has 0 aliphatic rings. The van der Waals surface area contributed by atoms with E-state index in [9.17, 15) is 0 Å². The van der Waals surface area contributed by atoms with Gasteiger partial charge in [0.2, 0.25) is 0 Å². The molecule has 0 saturated carbocycles. The molecule has 104 valence electrons. The van der Waals surface area contributed by atoms with Crippen molar-refractivity contribution in [3.63, 3.8) is 0 Å². The van der Waals surface area contributed by atoms with Gasteiger partial charge < -0.3 is 0 Å². The molecule has 0 amide bonds. The van der Waals surface area contributed by atoms with Crippen molar-refractivity contribution in [2.45, 2.75) is 6.42 Å². The number of rotatable bonds is 2. The first-order valence-electron chi connectivity index (χ1n) is 7.35. The molecule has 0 aliphatic carbocycles. The molecule has 0 nitrogen and oxygen atoms in total. The summed E-state index contributed by atoms with van der Waals surface area (Å²) in [4.78, 5) is 0. The summed E-state index contributed by atoms with van der Waals surface area (Å²) >= 11 is 0. The monoisotopic (exact) mass is 316 g/mol. The van der Waals surface area contributed by atoms with E-state index in [1.54, 1.807) is 0 Å². The molecule has 0 atom stereocenters. The van der Waals surface area contributed by atoms with Gasteiger partial charge in [-0.25, -0.2) is 0 Å². The van der Waals surface area contributed by atoms with Crippen molar-refractivity contribution in [2.24, 2.45) is 0 Å². The quantitative estimate of drug-likeness (QED) is 0.484. The summed E-state index contributed by atoms with van der Waals surface area (Å²) in [5.41, 5.74) is 2.79. The maximum Gasteiger partial charge on any atom is -0.00135 e. The topological polar surface area (TPSA) is 0 Å². The smallest absolute Gasteiger partial charge is 0.00135 e. The Morgan fingerprint density at radius 2 is 0.826 bits per heavy atom. The molecule has 23 heavy (non-hydrogen) atoms. The summed E-state index contributed by atoms with van der Waals surface area (Å²) in [6.45, 7) is 0. The van der Waals surface area contributed by atoms with Crippen molar-refractivity contribution < 1.29 is 0 Å². The van der Waals surface area contributed by atoms with Crippen LogP contribution in [0.15, 0.2) is 84.9 Å². The van der Waals surface area contributed by atoms with E-state index in [0.29, 0.717) is 0 Å². The number of fused-ring (bicyclic) bond motifs is 2. The van der Waals surface area contributed by atoms with Crippen LogP contribution in [0.3, 0.4) is 0 Å². The molecule has 4 aromatic carbocycles. The average molecular weight is 316 g/mol. The third-order valence-corrected chi connectivity index (χ3v) is 4.14. The minimum atomic E-state index is 0. The molecule has 0 N–H and O–H groups in total. The van der Waals surface area contributed by atoms with Gasteiger partial charge in [-0.15, -0.1) is 0 Å². The Hall–Kier alpha value is -0.600. The van der Waals surface area contributed by atoms with Gasteiger partial charge in [0.1, 0.15) is 0 Å². The minimum absolute atomic E-state index is 0. The summed E-state index contributed by atoms with van der Waals surface area (Å²) in [6, 6.07) is 30.4. The standard InChI is InChI=1S/C21H16.2Na.2H/c1-3-13-20-16(7-1)9-5-11-18(20)15-19-12-6-10-17-8-2-4-14-21(17)19;;;;/h1-14H,15H2;;;;. The largest absolute Gasteiger partial charge is 0.0616 e. The van der Waals surface area contributed by atoms with Gasteiger partial charge in [-0.1, -0.05) is 84.9 Å². The normalized spacial score (nSPS) is 10.1. The molecule has 0 heterocycles. The second-order valence-electron chi connectivity index (χ2n) is 5.45. The van der Waals surface area contributed by atoms with Gasteiger partial charge >= 0.3 is 59.1 Å². The molecular weight excluding hydrogens is 298 g/mol. The van der Waals surface area contributed by atoms with E-state index in [1.165, 1.54) is 32.7 Å². The fourth-order valence-corrected chi connectivity index (χ4v) is 3.10. The van der Waals surface area contributed by atoms with Crippen LogP contribution in [0, 0.1) is 0 Å². The first kappa shape index (κ1) is 18.7. The molecule has 0 fully saturated rings. The van der Waals surface area contributed by atoms with Crippen molar-refractivity contribution in [2.75, 3.05) is 0 Å². The van der Waals surface area contributed by atoms with Crippen LogP contribution in [0.25, 0.3) is 21.5 Å². The Labute approximate surface area is 181 Å². The van der Waals surface area contributed by atoms with Gasteiger partial charge in [-0.05, 0) is 39.1 Å². The van der Waals surface area contributed by atoms with Crippen LogP contribution in [0.1, 0.15) is 11.1 Å². The third kappa shape index (κ3) is 3.91. The second-order valence-corrected chi connectivity index (χ2v) is 5.45. The predicted molar refractivity (Wildman–Crippen MR) is 105 cm³/mol. The molecule has 4 rings (SSSR count). The van der Waals surface area contributed by atoms with E-state index < -0.39 is 0 Å². The molecule has 4 aromatic rings. The van der Waals surface area contributed by atoms with Crippen molar-refractivity contribution in [1.29, 1.82) is 0 Å². The fraction of sp³-hybridized carbons (Fsp3) is 0.0476. The Morgan fingerprint density at radius 1 is 0.435 bits per heavy atom. The minimum Gasteiger partial charge on any atom is -0.0616 e. The van der Waals surface area contributed by atoms with Gasteiger partial charge in [0, 0.05) is 0 Å². The van der Waals surface area contributed by atoms with Crippen LogP contribution in [-0.2, 0) is 6.42 Å². The maximum absolute atomic E-state index is 2.24. The molecule has 0 unspecified atom stereocenters. The van der Waals surface area contributed by atoms with E-state index in [0.717, 1.165) is 6.42 Å². The summed E-state index contributed by atoms with van der Waals surface area (Å²) in [6.07, 6.45) is 0.975. The van der Waals surface area contributed by atoms with Crippen molar-refractivity contribution in [1.82, 2.24) is 0 Å². The second kappa shape index (κ2) is 8.48. The third-order valence-electron chi connectivity index (χ3n) is 4.14. The summed E-state index contributed by atoms with van der Waals surface area (Å²) < 4.78 is 0. The molecule has 2 heteroatoms.